The fourth-order valence-electron chi connectivity index (χ4n) is 5.00. The van der Waals surface area contributed by atoms with E-state index in [-0.39, 0.29) is 0 Å². The van der Waals surface area contributed by atoms with Crippen molar-refractivity contribution in [2.75, 3.05) is 27.3 Å². The maximum Gasteiger partial charge on any atom is 0.165 e. The summed E-state index contributed by atoms with van der Waals surface area (Å²) in [6, 6.07) is 23.7. The molecule has 0 spiro atoms. The van der Waals surface area contributed by atoms with Crippen LogP contribution in [0.2, 0.25) is 0 Å². The van der Waals surface area contributed by atoms with Gasteiger partial charge in [-0.1, -0.05) is 78.4 Å². The van der Waals surface area contributed by atoms with E-state index < -0.39 is 0 Å². The summed E-state index contributed by atoms with van der Waals surface area (Å²) in [4.78, 5) is 2.52. The monoisotopic (exact) mass is 423 g/mol. The minimum atomic E-state index is 0.795. The van der Waals surface area contributed by atoms with E-state index in [0.29, 0.717) is 0 Å². The van der Waals surface area contributed by atoms with E-state index >= 15 is 0 Å². The van der Waals surface area contributed by atoms with E-state index in [4.69, 9.17) is 9.47 Å². The van der Waals surface area contributed by atoms with Crippen molar-refractivity contribution in [1.29, 1.82) is 0 Å². The first-order chi connectivity index (χ1) is 15.8. The van der Waals surface area contributed by atoms with Gasteiger partial charge in [0.2, 0.25) is 0 Å². The van der Waals surface area contributed by atoms with Crippen molar-refractivity contribution in [3.63, 3.8) is 0 Å². The largest absolute Gasteiger partial charge is 0.493 e. The molecule has 1 heterocycles. The number of ether oxygens (including phenoxy) is 2. The van der Waals surface area contributed by atoms with Gasteiger partial charge in [0.25, 0.3) is 0 Å². The molecule has 0 unspecified atom stereocenters. The number of benzene rings is 3. The van der Waals surface area contributed by atoms with Gasteiger partial charge in [0.05, 0.1) is 14.2 Å². The third-order valence-electron chi connectivity index (χ3n) is 6.59. The van der Waals surface area contributed by atoms with Gasteiger partial charge >= 0.3 is 0 Å². The smallest absolute Gasteiger partial charge is 0.165 e. The SMILES string of the molecule is COc1cccc(CN2CCC(=C3c4ccccc4C=Cc4ccccc43)CC2)c1OC. The standard InChI is InChI=1S/C29H29NO2/c1-31-27-13-7-10-24(29(27)32-2)20-30-18-16-23(17-19-30)28-25-11-5-3-8-21(25)14-15-22-9-4-6-12-26(22)28/h3-15H,16-20H2,1-2H3. The van der Waals surface area contributed by atoms with Gasteiger partial charge < -0.3 is 9.47 Å². The number of rotatable bonds is 4. The van der Waals surface area contributed by atoms with Crippen molar-refractivity contribution in [3.05, 3.63) is 100 Å². The average molecular weight is 424 g/mol. The summed E-state index contributed by atoms with van der Waals surface area (Å²) in [5.41, 5.74) is 9.47. The van der Waals surface area contributed by atoms with E-state index in [9.17, 15) is 0 Å². The lowest BCUT2D eigenvalue weighted by molar-refractivity contribution is 0.243. The summed E-state index contributed by atoms with van der Waals surface area (Å²) < 4.78 is 11.1. The summed E-state index contributed by atoms with van der Waals surface area (Å²) in [6.07, 6.45) is 6.66. The predicted octanol–water partition coefficient (Wildman–Crippen LogP) is 6.29. The van der Waals surface area contributed by atoms with Crippen LogP contribution in [0.5, 0.6) is 11.5 Å². The Labute approximate surface area is 190 Å². The van der Waals surface area contributed by atoms with Crippen molar-refractivity contribution in [1.82, 2.24) is 4.90 Å². The molecule has 0 N–H and O–H groups in total. The topological polar surface area (TPSA) is 21.7 Å². The number of fused-ring (bicyclic) bond motifs is 2. The predicted molar refractivity (Wildman–Crippen MR) is 132 cm³/mol. The molecule has 162 valence electrons. The second kappa shape index (κ2) is 9.05. The quantitative estimate of drug-likeness (QED) is 0.385. The Kier molecular flexibility index (Phi) is 5.83. The lowest BCUT2D eigenvalue weighted by Gasteiger charge is -2.31. The van der Waals surface area contributed by atoms with E-state index in [0.717, 1.165) is 44.0 Å². The fourth-order valence-corrected chi connectivity index (χ4v) is 5.00. The van der Waals surface area contributed by atoms with Crippen molar-refractivity contribution in [3.8, 4) is 11.5 Å². The van der Waals surface area contributed by atoms with Crippen LogP contribution < -0.4 is 9.47 Å². The number of para-hydroxylation sites is 1. The van der Waals surface area contributed by atoms with Crippen molar-refractivity contribution < 1.29 is 9.47 Å². The Morgan fingerprint density at radius 3 is 1.94 bits per heavy atom. The number of likely N-dealkylation sites (tertiary alicyclic amines) is 1. The van der Waals surface area contributed by atoms with Crippen LogP contribution in [0.3, 0.4) is 0 Å². The second-order valence-corrected chi connectivity index (χ2v) is 8.42. The van der Waals surface area contributed by atoms with Crippen LogP contribution in [0, 0.1) is 0 Å². The zero-order chi connectivity index (χ0) is 21.9. The first kappa shape index (κ1) is 20.6. The Balaban J connectivity index is 1.44. The fraction of sp³-hybridized carbons (Fsp3) is 0.241. The number of hydrogen-bond donors (Lipinski definition) is 0. The Hall–Kier alpha value is -3.30. The zero-order valence-electron chi connectivity index (χ0n) is 18.8. The minimum Gasteiger partial charge on any atom is -0.493 e. The van der Waals surface area contributed by atoms with Crippen LogP contribution in [0.25, 0.3) is 17.7 Å². The van der Waals surface area contributed by atoms with Crippen molar-refractivity contribution in [2.24, 2.45) is 0 Å². The molecule has 0 amide bonds. The lowest BCUT2D eigenvalue weighted by Crippen LogP contribution is -2.30. The molecule has 1 aliphatic heterocycles. The van der Waals surface area contributed by atoms with Crippen LogP contribution in [0.4, 0.5) is 0 Å². The number of nitrogens with zero attached hydrogens (tertiary/aromatic N) is 1. The molecule has 2 aliphatic rings. The van der Waals surface area contributed by atoms with Crippen LogP contribution in [-0.2, 0) is 6.54 Å². The number of methoxy groups -OCH3 is 2. The summed E-state index contributed by atoms with van der Waals surface area (Å²) in [5.74, 6) is 1.64. The van der Waals surface area contributed by atoms with Gasteiger partial charge in [-0.2, -0.15) is 0 Å². The van der Waals surface area contributed by atoms with Gasteiger partial charge in [-0.05, 0) is 46.7 Å². The molecule has 3 aromatic carbocycles. The highest BCUT2D eigenvalue weighted by molar-refractivity contribution is 5.94. The summed E-state index contributed by atoms with van der Waals surface area (Å²) >= 11 is 0. The molecule has 1 saturated heterocycles. The Bertz CT molecular complexity index is 1130. The van der Waals surface area contributed by atoms with Gasteiger partial charge in [-0.25, -0.2) is 0 Å². The van der Waals surface area contributed by atoms with Crippen LogP contribution in [0.15, 0.2) is 72.3 Å². The molecule has 3 aromatic rings. The maximum absolute atomic E-state index is 5.65. The highest BCUT2D eigenvalue weighted by Gasteiger charge is 2.23. The maximum atomic E-state index is 5.65. The van der Waals surface area contributed by atoms with Gasteiger partial charge in [0, 0.05) is 25.2 Å². The molecule has 3 heteroatoms. The van der Waals surface area contributed by atoms with Gasteiger partial charge in [0.1, 0.15) is 0 Å². The molecule has 0 saturated carbocycles. The third kappa shape index (κ3) is 3.85. The Morgan fingerprint density at radius 2 is 1.34 bits per heavy atom. The highest BCUT2D eigenvalue weighted by Crippen LogP contribution is 2.39. The van der Waals surface area contributed by atoms with E-state index in [1.807, 2.05) is 12.1 Å². The molecular formula is C29H29NO2. The molecule has 1 aliphatic carbocycles. The molecule has 1 fully saturated rings. The van der Waals surface area contributed by atoms with Gasteiger partial charge in [-0.3, -0.25) is 4.90 Å². The molecule has 0 radical (unpaired) electrons. The van der Waals surface area contributed by atoms with Gasteiger partial charge in [-0.15, -0.1) is 0 Å². The van der Waals surface area contributed by atoms with E-state index in [1.54, 1.807) is 19.8 Å². The second-order valence-electron chi connectivity index (χ2n) is 8.42. The summed E-state index contributed by atoms with van der Waals surface area (Å²) in [5, 5.41) is 0. The summed E-state index contributed by atoms with van der Waals surface area (Å²) in [6.45, 7) is 2.95. The first-order valence-electron chi connectivity index (χ1n) is 11.3. The third-order valence-corrected chi connectivity index (χ3v) is 6.59. The zero-order valence-corrected chi connectivity index (χ0v) is 18.8. The molecule has 3 nitrogen and oxygen atoms in total. The average Bonchev–Trinajstić information content (AvgIpc) is 3.01. The molecular weight excluding hydrogens is 394 g/mol. The van der Waals surface area contributed by atoms with Crippen molar-refractivity contribution in [2.45, 2.75) is 19.4 Å². The summed E-state index contributed by atoms with van der Waals surface area (Å²) in [7, 11) is 3.41. The number of piperidine rings is 1. The van der Waals surface area contributed by atoms with Crippen LogP contribution in [0.1, 0.15) is 40.7 Å². The minimum absolute atomic E-state index is 0.795. The highest BCUT2D eigenvalue weighted by atomic mass is 16.5. The van der Waals surface area contributed by atoms with E-state index in [2.05, 4.69) is 71.6 Å². The van der Waals surface area contributed by atoms with Crippen LogP contribution in [-0.4, -0.2) is 32.2 Å². The van der Waals surface area contributed by atoms with Crippen LogP contribution >= 0.6 is 0 Å². The lowest BCUT2D eigenvalue weighted by atomic mass is 9.86. The Morgan fingerprint density at radius 1 is 0.719 bits per heavy atom. The van der Waals surface area contributed by atoms with E-state index in [1.165, 1.54) is 33.4 Å². The normalized spacial score (nSPS) is 15.7. The molecule has 0 bridgehead atoms. The molecule has 0 aromatic heterocycles. The van der Waals surface area contributed by atoms with Crippen molar-refractivity contribution >= 4 is 17.7 Å². The number of hydrogen-bond acceptors (Lipinski definition) is 3. The van der Waals surface area contributed by atoms with Gasteiger partial charge in [0.15, 0.2) is 11.5 Å². The molecule has 0 atom stereocenters. The molecule has 32 heavy (non-hydrogen) atoms. The molecule has 5 rings (SSSR count). The first-order valence-corrected chi connectivity index (χ1v) is 11.3.